The van der Waals surface area contributed by atoms with Crippen LogP contribution in [0.15, 0.2) is 102 Å². The molecule has 4 aromatic carbocycles. The third-order valence-corrected chi connectivity index (χ3v) is 7.55. The van der Waals surface area contributed by atoms with Crippen molar-refractivity contribution in [2.75, 3.05) is 23.5 Å². The van der Waals surface area contributed by atoms with Crippen molar-refractivity contribution < 1.29 is 24.2 Å². The van der Waals surface area contributed by atoms with Gasteiger partial charge in [-0.25, -0.2) is 0 Å². The number of rotatable bonds is 10. The third-order valence-electron chi connectivity index (χ3n) is 5.73. The van der Waals surface area contributed by atoms with Gasteiger partial charge in [0.15, 0.2) is 0 Å². The number of amides is 3. The molecule has 8 nitrogen and oxygen atoms in total. The Bertz CT molecular complexity index is 1650. The van der Waals surface area contributed by atoms with E-state index in [9.17, 15) is 19.5 Å². The minimum Gasteiger partial charge on any atom is -0.508 e. The summed E-state index contributed by atoms with van der Waals surface area (Å²) in [6.07, 6.45) is 1.46. The van der Waals surface area contributed by atoms with Crippen LogP contribution in [0.25, 0.3) is 6.08 Å². The third kappa shape index (κ3) is 8.29. The number of hydrogen-bond donors (Lipinski definition) is 4. The Morgan fingerprint density at radius 2 is 1.67 bits per heavy atom. The molecule has 0 aliphatic rings. The zero-order valence-electron chi connectivity index (χ0n) is 22.2. The van der Waals surface area contributed by atoms with Crippen LogP contribution in [0, 0.1) is 0 Å². The maximum absolute atomic E-state index is 13.4. The standard InChI is InChI=1S/C31H25Cl2N3O5S/c1-41-27-17-22(37)14-13-20(27)15-26(36-30(39)19-7-3-2-4-8-19)31(40)34-21-9-5-10-23(16-21)42-18-28(38)35-25-12-6-11-24(32)29(25)33/h2-17,37H,18H2,1H3,(H,34,40)(H,35,38)(H,36,39)/b26-15+. The summed E-state index contributed by atoms with van der Waals surface area (Å²) in [5.41, 5.74) is 1.64. The molecule has 0 spiro atoms. The van der Waals surface area contributed by atoms with Gasteiger partial charge in [-0.1, -0.05) is 53.5 Å². The monoisotopic (exact) mass is 621 g/mol. The number of anilines is 2. The highest BCUT2D eigenvalue weighted by Gasteiger charge is 2.17. The van der Waals surface area contributed by atoms with Crippen molar-refractivity contribution in [2.24, 2.45) is 0 Å². The lowest BCUT2D eigenvalue weighted by Gasteiger charge is -2.13. The van der Waals surface area contributed by atoms with Gasteiger partial charge in [0.1, 0.15) is 17.2 Å². The van der Waals surface area contributed by atoms with Crippen molar-refractivity contribution >= 4 is 70.1 Å². The SMILES string of the molecule is COc1cc(O)ccc1/C=C(/NC(=O)c1ccccc1)C(=O)Nc1cccc(SCC(=O)Nc2cccc(Cl)c2Cl)c1. The number of aromatic hydroxyl groups is 1. The smallest absolute Gasteiger partial charge is 0.272 e. The fourth-order valence-electron chi connectivity index (χ4n) is 3.71. The number of phenols is 1. The zero-order valence-corrected chi connectivity index (χ0v) is 24.5. The number of phenolic OH excluding ortho intramolecular Hbond substituents is 1. The highest BCUT2D eigenvalue weighted by molar-refractivity contribution is 8.00. The number of halogens is 2. The quantitative estimate of drug-likeness (QED) is 0.114. The van der Waals surface area contributed by atoms with E-state index in [4.69, 9.17) is 27.9 Å². The lowest BCUT2D eigenvalue weighted by atomic mass is 10.1. The predicted molar refractivity (Wildman–Crippen MR) is 167 cm³/mol. The molecule has 0 aromatic heterocycles. The number of benzene rings is 4. The lowest BCUT2D eigenvalue weighted by Crippen LogP contribution is -2.30. The van der Waals surface area contributed by atoms with E-state index >= 15 is 0 Å². The van der Waals surface area contributed by atoms with Crippen molar-refractivity contribution in [3.63, 3.8) is 0 Å². The van der Waals surface area contributed by atoms with E-state index in [2.05, 4.69) is 16.0 Å². The molecule has 4 rings (SSSR count). The Balaban J connectivity index is 1.49. The van der Waals surface area contributed by atoms with Crippen LogP contribution in [0.5, 0.6) is 11.5 Å². The summed E-state index contributed by atoms with van der Waals surface area (Å²) in [7, 11) is 1.43. The van der Waals surface area contributed by atoms with Gasteiger partial charge in [-0.3, -0.25) is 14.4 Å². The highest BCUT2D eigenvalue weighted by atomic mass is 35.5. The van der Waals surface area contributed by atoms with Gasteiger partial charge in [0.05, 0.1) is 28.6 Å². The van der Waals surface area contributed by atoms with Gasteiger partial charge >= 0.3 is 0 Å². The van der Waals surface area contributed by atoms with E-state index in [-0.39, 0.29) is 28.1 Å². The number of methoxy groups -OCH3 is 1. The molecule has 214 valence electrons. The number of thioether (sulfide) groups is 1. The van der Waals surface area contributed by atoms with Crippen LogP contribution in [0.2, 0.25) is 10.0 Å². The first-order chi connectivity index (χ1) is 20.2. The van der Waals surface area contributed by atoms with Crippen LogP contribution in [-0.2, 0) is 9.59 Å². The predicted octanol–water partition coefficient (Wildman–Crippen LogP) is 6.85. The second-order valence-corrected chi connectivity index (χ2v) is 10.6. The molecule has 0 saturated heterocycles. The molecule has 11 heteroatoms. The Hall–Kier alpha value is -4.44. The fourth-order valence-corrected chi connectivity index (χ4v) is 4.82. The average Bonchev–Trinajstić information content (AvgIpc) is 2.99. The summed E-state index contributed by atoms with van der Waals surface area (Å²) in [6.45, 7) is 0. The van der Waals surface area contributed by atoms with E-state index in [1.807, 2.05) is 0 Å². The van der Waals surface area contributed by atoms with Crippen molar-refractivity contribution in [1.82, 2.24) is 5.32 Å². The summed E-state index contributed by atoms with van der Waals surface area (Å²) < 4.78 is 5.33. The number of nitrogens with one attached hydrogen (secondary N) is 3. The molecule has 0 fully saturated rings. The van der Waals surface area contributed by atoms with Gasteiger partial charge in [-0.05, 0) is 60.7 Å². The van der Waals surface area contributed by atoms with Crippen molar-refractivity contribution in [2.45, 2.75) is 4.90 Å². The number of ether oxygens (including phenoxy) is 1. The molecular weight excluding hydrogens is 597 g/mol. The number of carbonyl (C=O) groups is 3. The Morgan fingerprint density at radius 3 is 2.43 bits per heavy atom. The Kier molecular flexibility index (Phi) is 10.5. The van der Waals surface area contributed by atoms with E-state index in [0.29, 0.717) is 33.3 Å². The van der Waals surface area contributed by atoms with E-state index in [1.165, 1.54) is 37.1 Å². The van der Waals surface area contributed by atoms with Gasteiger partial charge in [-0.2, -0.15) is 0 Å². The normalized spacial score (nSPS) is 11.0. The zero-order chi connectivity index (χ0) is 30.1. The first-order valence-electron chi connectivity index (χ1n) is 12.5. The molecule has 0 atom stereocenters. The molecule has 0 aliphatic carbocycles. The van der Waals surface area contributed by atoms with E-state index in [1.54, 1.807) is 78.9 Å². The maximum atomic E-state index is 13.4. The summed E-state index contributed by atoms with van der Waals surface area (Å²) in [5.74, 6) is -0.976. The molecule has 0 unspecified atom stereocenters. The van der Waals surface area contributed by atoms with Crippen LogP contribution >= 0.6 is 35.0 Å². The molecule has 3 amide bonds. The van der Waals surface area contributed by atoms with E-state index in [0.717, 1.165) is 4.90 Å². The van der Waals surface area contributed by atoms with Crippen molar-refractivity contribution in [3.8, 4) is 11.5 Å². The topological polar surface area (TPSA) is 117 Å². The second kappa shape index (κ2) is 14.5. The molecule has 0 bridgehead atoms. The average molecular weight is 623 g/mol. The molecule has 0 aliphatic heterocycles. The van der Waals surface area contributed by atoms with Crippen molar-refractivity contribution in [3.05, 3.63) is 118 Å². The van der Waals surface area contributed by atoms with Crippen LogP contribution in [0.1, 0.15) is 15.9 Å². The summed E-state index contributed by atoms with van der Waals surface area (Å²) in [5, 5.41) is 18.6. The molecule has 42 heavy (non-hydrogen) atoms. The minimum absolute atomic E-state index is 0.0121. The Labute approximate surface area is 256 Å². The van der Waals surface area contributed by atoms with Gasteiger partial charge < -0.3 is 25.8 Å². The minimum atomic E-state index is -0.593. The van der Waals surface area contributed by atoms with Gasteiger partial charge in [0, 0.05) is 27.8 Å². The van der Waals surface area contributed by atoms with Gasteiger partial charge in [0.25, 0.3) is 11.8 Å². The van der Waals surface area contributed by atoms with Crippen LogP contribution in [0.3, 0.4) is 0 Å². The van der Waals surface area contributed by atoms with Crippen molar-refractivity contribution in [1.29, 1.82) is 0 Å². The summed E-state index contributed by atoms with van der Waals surface area (Å²) in [6, 6.07) is 24.8. The molecule has 4 N–H and O–H groups in total. The maximum Gasteiger partial charge on any atom is 0.272 e. The van der Waals surface area contributed by atoms with E-state index < -0.39 is 11.8 Å². The summed E-state index contributed by atoms with van der Waals surface area (Å²) in [4.78, 5) is 39.5. The van der Waals surface area contributed by atoms with Crippen LogP contribution in [-0.4, -0.2) is 35.7 Å². The number of hydrogen-bond acceptors (Lipinski definition) is 6. The van der Waals surface area contributed by atoms with Gasteiger partial charge in [-0.15, -0.1) is 11.8 Å². The molecule has 0 saturated carbocycles. The first kappa shape index (κ1) is 30.5. The Morgan fingerprint density at radius 1 is 0.905 bits per heavy atom. The number of carbonyl (C=O) groups excluding carboxylic acids is 3. The largest absolute Gasteiger partial charge is 0.508 e. The fraction of sp³-hybridized carbons (Fsp3) is 0.0645. The molecular formula is C31H25Cl2N3O5S. The summed E-state index contributed by atoms with van der Waals surface area (Å²) >= 11 is 13.4. The molecule has 0 heterocycles. The van der Waals surface area contributed by atoms with Crippen LogP contribution < -0.4 is 20.7 Å². The van der Waals surface area contributed by atoms with Gasteiger partial charge in [0.2, 0.25) is 5.91 Å². The van der Waals surface area contributed by atoms with Crippen LogP contribution in [0.4, 0.5) is 11.4 Å². The lowest BCUT2D eigenvalue weighted by molar-refractivity contribution is -0.114. The second-order valence-electron chi connectivity index (χ2n) is 8.72. The molecule has 4 aromatic rings. The molecule has 0 radical (unpaired) electrons. The highest BCUT2D eigenvalue weighted by Crippen LogP contribution is 2.30. The first-order valence-corrected chi connectivity index (χ1v) is 14.2.